The Morgan fingerprint density at radius 3 is 2.39 bits per heavy atom. The molecule has 0 radical (unpaired) electrons. The molecule has 0 bridgehead atoms. The second-order valence-corrected chi connectivity index (χ2v) is 9.25. The molecule has 0 aromatic heterocycles. The lowest BCUT2D eigenvalue weighted by Crippen LogP contribution is -2.43. The zero-order chi connectivity index (χ0) is 21.3. The molecule has 2 rings (SSSR count). The Labute approximate surface area is 171 Å². The normalized spacial score (nSPS) is 20.2. The van der Waals surface area contributed by atoms with Crippen LogP contribution in [0.1, 0.15) is 59.9 Å². The van der Waals surface area contributed by atoms with Crippen molar-refractivity contribution in [2.24, 2.45) is 0 Å². The third-order valence-corrected chi connectivity index (χ3v) is 5.36. The number of aliphatic carboxylic acids is 1. The van der Waals surface area contributed by atoms with Crippen molar-refractivity contribution in [2.75, 3.05) is 6.54 Å². The van der Waals surface area contributed by atoms with Crippen LogP contribution in [0.2, 0.25) is 5.02 Å². The molecule has 6 nitrogen and oxygen atoms in total. The number of halogens is 1. The van der Waals surface area contributed by atoms with Crippen LogP contribution in [0.5, 0.6) is 5.75 Å². The summed E-state index contributed by atoms with van der Waals surface area (Å²) in [5, 5.41) is 9.97. The van der Waals surface area contributed by atoms with E-state index in [-0.39, 0.29) is 18.4 Å². The highest BCUT2D eigenvalue weighted by molar-refractivity contribution is 6.32. The Hall–Kier alpha value is -1.95. The van der Waals surface area contributed by atoms with Gasteiger partial charge in [-0.1, -0.05) is 38.4 Å². The average molecular weight is 412 g/mol. The van der Waals surface area contributed by atoms with Crippen molar-refractivity contribution in [3.63, 3.8) is 0 Å². The Morgan fingerprint density at radius 2 is 1.89 bits per heavy atom. The van der Waals surface area contributed by atoms with Gasteiger partial charge in [0.15, 0.2) is 0 Å². The number of hydrogen-bond acceptors (Lipinski definition) is 4. The molecule has 1 amide bonds. The maximum Gasteiger partial charge on any atom is 0.411 e. The van der Waals surface area contributed by atoms with Crippen molar-refractivity contribution in [3.8, 4) is 5.75 Å². The molecule has 1 N–H and O–H groups in total. The predicted molar refractivity (Wildman–Crippen MR) is 108 cm³/mol. The van der Waals surface area contributed by atoms with Gasteiger partial charge >= 0.3 is 12.1 Å². The molecule has 1 heterocycles. The number of hydrogen-bond donors (Lipinski definition) is 1. The maximum atomic E-state index is 12.4. The molecule has 0 aliphatic carbocycles. The fourth-order valence-electron chi connectivity index (χ4n) is 3.04. The van der Waals surface area contributed by atoms with Crippen molar-refractivity contribution in [1.29, 1.82) is 0 Å². The summed E-state index contributed by atoms with van der Waals surface area (Å²) in [6.45, 7) is 11.8. The quantitative estimate of drug-likeness (QED) is 0.748. The van der Waals surface area contributed by atoms with E-state index in [1.807, 2.05) is 12.1 Å². The molecular weight excluding hydrogens is 382 g/mol. The molecule has 0 saturated carbocycles. The number of ether oxygens (including phenoxy) is 2. The van der Waals surface area contributed by atoms with Gasteiger partial charge in [0.25, 0.3) is 0 Å². The van der Waals surface area contributed by atoms with Crippen molar-refractivity contribution < 1.29 is 24.2 Å². The smallest absolute Gasteiger partial charge is 0.411 e. The van der Waals surface area contributed by atoms with E-state index in [2.05, 4.69) is 20.8 Å². The molecule has 156 valence electrons. The summed E-state index contributed by atoms with van der Waals surface area (Å²) in [5.41, 5.74) is 0.402. The summed E-state index contributed by atoms with van der Waals surface area (Å²) in [6, 6.07) is 4.67. The molecule has 1 aliphatic heterocycles. The zero-order valence-corrected chi connectivity index (χ0v) is 18.2. The Morgan fingerprint density at radius 1 is 1.25 bits per heavy atom. The van der Waals surface area contributed by atoms with Crippen molar-refractivity contribution in [1.82, 2.24) is 4.90 Å². The topological polar surface area (TPSA) is 76.1 Å². The van der Waals surface area contributed by atoms with Gasteiger partial charge in [-0.2, -0.15) is 0 Å². The Kier molecular flexibility index (Phi) is 6.54. The van der Waals surface area contributed by atoms with Gasteiger partial charge in [0.1, 0.15) is 23.5 Å². The summed E-state index contributed by atoms with van der Waals surface area (Å²) in [7, 11) is 0. The summed E-state index contributed by atoms with van der Waals surface area (Å²) < 4.78 is 11.3. The lowest BCUT2D eigenvalue weighted by molar-refractivity contribution is -0.142. The van der Waals surface area contributed by atoms with Gasteiger partial charge in [-0.3, -0.25) is 4.90 Å². The second-order valence-electron chi connectivity index (χ2n) is 8.84. The number of carbonyl (C=O) groups is 2. The van der Waals surface area contributed by atoms with Crippen LogP contribution in [0.15, 0.2) is 18.2 Å². The first-order valence-electron chi connectivity index (χ1n) is 9.53. The number of benzene rings is 1. The van der Waals surface area contributed by atoms with E-state index in [0.29, 0.717) is 10.8 Å². The second kappa shape index (κ2) is 8.19. The first-order valence-corrected chi connectivity index (χ1v) is 9.91. The largest absolute Gasteiger partial charge is 0.487 e. The van der Waals surface area contributed by atoms with Crippen molar-refractivity contribution >= 4 is 23.7 Å². The number of nitrogens with zero attached hydrogens (tertiary/aromatic N) is 1. The van der Waals surface area contributed by atoms with E-state index >= 15 is 0 Å². The van der Waals surface area contributed by atoms with Gasteiger partial charge in [-0.15, -0.1) is 0 Å². The molecule has 7 heteroatoms. The van der Waals surface area contributed by atoms with Crippen LogP contribution in [0.25, 0.3) is 0 Å². The minimum Gasteiger partial charge on any atom is -0.487 e. The molecule has 28 heavy (non-hydrogen) atoms. The zero-order valence-electron chi connectivity index (χ0n) is 17.4. The van der Waals surface area contributed by atoms with E-state index in [1.165, 1.54) is 4.90 Å². The van der Waals surface area contributed by atoms with Crippen LogP contribution < -0.4 is 4.74 Å². The minimum atomic E-state index is -1.08. The molecule has 1 aromatic rings. The van der Waals surface area contributed by atoms with Crippen LogP contribution >= 0.6 is 11.6 Å². The average Bonchev–Trinajstić information content (AvgIpc) is 2.99. The summed E-state index contributed by atoms with van der Waals surface area (Å²) >= 11 is 6.41. The first kappa shape index (κ1) is 22.3. The summed E-state index contributed by atoms with van der Waals surface area (Å²) in [4.78, 5) is 25.2. The lowest BCUT2D eigenvalue weighted by Gasteiger charge is -2.26. The number of carbonyl (C=O) groups excluding carboxylic acids is 1. The van der Waals surface area contributed by atoms with E-state index in [1.54, 1.807) is 26.8 Å². The maximum absolute atomic E-state index is 12.4. The lowest BCUT2D eigenvalue weighted by atomic mass is 9.82. The van der Waals surface area contributed by atoms with Gasteiger partial charge in [0.05, 0.1) is 11.6 Å². The SMILES string of the molecule is CCC(C)(C)c1ccc(O[C@H]2C[C@@H](C(=O)O)N(C(=O)OC(C)(C)C)C2)c(Cl)c1. The van der Waals surface area contributed by atoms with E-state index < -0.39 is 29.8 Å². The predicted octanol–water partition coefficient (Wildman–Crippen LogP) is 4.87. The molecular formula is C21H30ClNO5. The number of carboxylic acids is 1. The number of amides is 1. The first-order chi connectivity index (χ1) is 12.8. The highest BCUT2D eigenvalue weighted by atomic mass is 35.5. The van der Waals surface area contributed by atoms with Crippen LogP contribution in [0.4, 0.5) is 4.79 Å². The van der Waals surface area contributed by atoms with Crippen LogP contribution in [-0.2, 0) is 14.9 Å². The summed E-state index contributed by atoms with van der Waals surface area (Å²) in [6.07, 6.45) is 0.0121. The fraction of sp³-hybridized carbons (Fsp3) is 0.619. The number of rotatable bonds is 5. The molecule has 1 saturated heterocycles. The highest BCUT2D eigenvalue weighted by Gasteiger charge is 2.42. The number of carboxylic acid groups (broad SMARTS) is 1. The molecule has 0 spiro atoms. The molecule has 0 unspecified atom stereocenters. The van der Waals surface area contributed by atoms with E-state index in [0.717, 1.165) is 12.0 Å². The fourth-order valence-corrected chi connectivity index (χ4v) is 3.27. The third-order valence-electron chi connectivity index (χ3n) is 5.07. The molecule has 1 fully saturated rings. The van der Waals surface area contributed by atoms with Crippen LogP contribution in [0, 0.1) is 0 Å². The third kappa shape index (κ3) is 5.31. The Balaban J connectivity index is 2.15. The minimum absolute atomic E-state index is 0.00254. The van der Waals surface area contributed by atoms with Gasteiger partial charge in [-0.25, -0.2) is 9.59 Å². The molecule has 1 aromatic carbocycles. The van der Waals surface area contributed by atoms with Gasteiger partial charge < -0.3 is 14.6 Å². The number of likely N-dealkylation sites (tertiary alicyclic amines) is 1. The van der Waals surface area contributed by atoms with Crippen molar-refractivity contribution in [3.05, 3.63) is 28.8 Å². The van der Waals surface area contributed by atoms with Crippen LogP contribution in [-0.4, -0.2) is 46.4 Å². The molecule has 1 aliphatic rings. The van der Waals surface area contributed by atoms with Crippen LogP contribution in [0.3, 0.4) is 0 Å². The standard InChI is InChI=1S/C21H30ClNO5/c1-7-21(5,6)13-8-9-17(15(22)10-13)27-14-11-16(18(24)25)23(12-14)19(26)28-20(2,3)4/h8-10,14,16H,7,11-12H2,1-6H3,(H,24,25)/t14-,16-/m0/s1. The van der Waals surface area contributed by atoms with E-state index in [4.69, 9.17) is 21.1 Å². The molecule has 2 atom stereocenters. The van der Waals surface area contributed by atoms with Gasteiger partial charge in [-0.05, 0) is 50.3 Å². The summed E-state index contributed by atoms with van der Waals surface area (Å²) in [5.74, 6) is -0.597. The van der Waals surface area contributed by atoms with Gasteiger partial charge in [0, 0.05) is 6.42 Å². The van der Waals surface area contributed by atoms with Gasteiger partial charge in [0.2, 0.25) is 0 Å². The Bertz CT molecular complexity index is 741. The van der Waals surface area contributed by atoms with Crippen molar-refractivity contribution in [2.45, 2.75) is 77.5 Å². The highest BCUT2D eigenvalue weighted by Crippen LogP contribution is 2.35. The van der Waals surface area contributed by atoms with E-state index in [9.17, 15) is 14.7 Å². The monoisotopic (exact) mass is 411 g/mol.